The number of rotatable bonds is 3. The van der Waals surface area contributed by atoms with Crippen LogP contribution in [0.25, 0.3) is 0 Å². The van der Waals surface area contributed by atoms with Crippen molar-refractivity contribution in [2.45, 2.75) is 6.92 Å². The van der Waals surface area contributed by atoms with Gasteiger partial charge in [-0.3, -0.25) is 4.79 Å². The third-order valence-electron chi connectivity index (χ3n) is 4.05. The minimum atomic E-state index is -0.0258. The lowest BCUT2D eigenvalue weighted by Crippen LogP contribution is -2.48. The molecule has 2 heterocycles. The Bertz CT molecular complexity index is 657. The van der Waals surface area contributed by atoms with Crippen molar-refractivity contribution in [3.05, 3.63) is 47.9 Å². The average molecular weight is 300 g/mol. The molecule has 5 heteroatoms. The van der Waals surface area contributed by atoms with Gasteiger partial charge in [0.25, 0.3) is 5.91 Å². The summed E-state index contributed by atoms with van der Waals surface area (Å²) >= 11 is 0. The number of piperazine rings is 1. The quantitative estimate of drug-likeness (QED) is 0.874. The zero-order valence-electron chi connectivity index (χ0n) is 12.9. The van der Waals surface area contributed by atoms with Crippen molar-refractivity contribution in [2.24, 2.45) is 0 Å². The third-order valence-corrected chi connectivity index (χ3v) is 4.05. The van der Waals surface area contributed by atoms with Crippen LogP contribution in [0.15, 0.2) is 41.0 Å². The monoisotopic (exact) mass is 300 g/mol. The molecule has 22 heavy (non-hydrogen) atoms. The van der Waals surface area contributed by atoms with Crippen molar-refractivity contribution in [1.29, 1.82) is 0 Å². The molecule has 116 valence electrons. The van der Waals surface area contributed by atoms with Crippen LogP contribution in [0.1, 0.15) is 16.1 Å². The fourth-order valence-electron chi connectivity index (χ4n) is 2.78. The molecular formula is C17H20N2O3. The first-order valence-corrected chi connectivity index (χ1v) is 7.42. The van der Waals surface area contributed by atoms with Crippen molar-refractivity contribution < 1.29 is 13.9 Å². The number of nitrogens with zero attached hydrogens (tertiary/aromatic N) is 2. The summed E-state index contributed by atoms with van der Waals surface area (Å²) in [4.78, 5) is 16.5. The number of amides is 1. The fraction of sp³-hybridized carbons (Fsp3) is 0.353. The first-order valence-electron chi connectivity index (χ1n) is 7.42. The van der Waals surface area contributed by atoms with E-state index in [0.29, 0.717) is 18.8 Å². The van der Waals surface area contributed by atoms with Crippen LogP contribution in [0, 0.1) is 6.92 Å². The van der Waals surface area contributed by atoms with Crippen molar-refractivity contribution in [3.8, 4) is 5.75 Å². The van der Waals surface area contributed by atoms with E-state index in [9.17, 15) is 4.79 Å². The molecule has 0 unspecified atom stereocenters. The zero-order valence-corrected chi connectivity index (χ0v) is 12.9. The Hall–Kier alpha value is -2.43. The number of furan rings is 1. The van der Waals surface area contributed by atoms with Crippen LogP contribution >= 0.6 is 0 Å². The topological polar surface area (TPSA) is 45.9 Å². The molecule has 0 N–H and O–H groups in total. The fourth-order valence-corrected chi connectivity index (χ4v) is 2.78. The smallest absolute Gasteiger partial charge is 0.289 e. The van der Waals surface area contributed by atoms with Crippen molar-refractivity contribution >= 4 is 11.6 Å². The molecule has 1 aromatic carbocycles. The highest BCUT2D eigenvalue weighted by Crippen LogP contribution is 2.28. The Morgan fingerprint density at radius 1 is 1.14 bits per heavy atom. The highest BCUT2D eigenvalue weighted by Gasteiger charge is 2.26. The summed E-state index contributed by atoms with van der Waals surface area (Å²) in [6.45, 7) is 4.81. The second-order valence-electron chi connectivity index (χ2n) is 5.38. The van der Waals surface area contributed by atoms with Gasteiger partial charge in [0.2, 0.25) is 0 Å². The molecule has 0 atom stereocenters. The Balaban J connectivity index is 1.68. The number of benzene rings is 1. The van der Waals surface area contributed by atoms with Gasteiger partial charge in [-0.15, -0.1) is 0 Å². The maximum absolute atomic E-state index is 12.4. The minimum Gasteiger partial charge on any atom is -0.495 e. The maximum Gasteiger partial charge on any atom is 0.289 e. The Labute approximate surface area is 130 Å². The van der Waals surface area contributed by atoms with E-state index in [4.69, 9.17) is 9.15 Å². The van der Waals surface area contributed by atoms with Crippen LogP contribution in [0.3, 0.4) is 0 Å². The summed E-state index contributed by atoms with van der Waals surface area (Å²) in [5.74, 6) is 1.29. The van der Waals surface area contributed by atoms with Crippen LogP contribution in [-0.4, -0.2) is 44.1 Å². The molecule has 0 radical (unpaired) electrons. The predicted molar refractivity (Wildman–Crippen MR) is 84.6 cm³/mol. The molecule has 0 aliphatic carbocycles. The van der Waals surface area contributed by atoms with Gasteiger partial charge in [0.05, 0.1) is 19.1 Å². The van der Waals surface area contributed by atoms with Crippen LogP contribution in [0.5, 0.6) is 5.75 Å². The van der Waals surface area contributed by atoms with Gasteiger partial charge in [-0.25, -0.2) is 0 Å². The van der Waals surface area contributed by atoms with Gasteiger partial charge < -0.3 is 19.0 Å². The number of anilines is 1. The zero-order chi connectivity index (χ0) is 15.5. The van der Waals surface area contributed by atoms with Crippen molar-refractivity contribution in [2.75, 3.05) is 38.2 Å². The summed E-state index contributed by atoms with van der Waals surface area (Å²) in [5.41, 5.74) is 1.96. The SMILES string of the molecule is COc1ccccc1N1CCN(C(=O)c2occc2C)CC1. The van der Waals surface area contributed by atoms with E-state index in [0.717, 1.165) is 30.1 Å². The van der Waals surface area contributed by atoms with Gasteiger partial charge in [0.15, 0.2) is 5.76 Å². The van der Waals surface area contributed by atoms with Crippen LogP contribution < -0.4 is 9.64 Å². The number of hydrogen-bond donors (Lipinski definition) is 0. The van der Waals surface area contributed by atoms with E-state index < -0.39 is 0 Å². The number of aryl methyl sites for hydroxylation is 1. The van der Waals surface area contributed by atoms with E-state index in [1.807, 2.05) is 42.2 Å². The highest BCUT2D eigenvalue weighted by molar-refractivity contribution is 5.93. The largest absolute Gasteiger partial charge is 0.495 e. The molecule has 1 amide bonds. The summed E-state index contributed by atoms with van der Waals surface area (Å²) in [7, 11) is 1.68. The van der Waals surface area contributed by atoms with Crippen LogP contribution in [-0.2, 0) is 0 Å². The lowest BCUT2D eigenvalue weighted by molar-refractivity contribution is 0.0713. The molecular weight excluding hydrogens is 280 g/mol. The number of para-hydroxylation sites is 2. The lowest BCUT2D eigenvalue weighted by atomic mass is 10.2. The second kappa shape index (κ2) is 6.13. The van der Waals surface area contributed by atoms with E-state index in [1.54, 1.807) is 13.4 Å². The van der Waals surface area contributed by atoms with E-state index >= 15 is 0 Å². The highest BCUT2D eigenvalue weighted by atomic mass is 16.5. The van der Waals surface area contributed by atoms with Gasteiger partial charge in [-0.05, 0) is 25.1 Å². The molecule has 0 spiro atoms. The molecule has 3 rings (SSSR count). The summed E-state index contributed by atoms with van der Waals surface area (Å²) in [6, 6.07) is 9.79. The molecule has 1 aliphatic rings. The minimum absolute atomic E-state index is 0.0258. The van der Waals surface area contributed by atoms with Crippen LogP contribution in [0.2, 0.25) is 0 Å². The average Bonchev–Trinajstić information content (AvgIpc) is 3.00. The number of hydrogen-bond acceptors (Lipinski definition) is 4. The van der Waals surface area contributed by atoms with Gasteiger partial charge in [-0.2, -0.15) is 0 Å². The summed E-state index contributed by atoms with van der Waals surface area (Å²) < 4.78 is 10.7. The van der Waals surface area contributed by atoms with Gasteiger partial charge >= 0.3 is 0 Å². The van der Waals surface area contributed by atoms with Crippen LogP contribution in [0.4, 0.5) is 5.69 Å². The first-order chi connectivity index (χ1) is 10.7. The third kappa shape index (κ3) is 2.66. The Morgan fingerprint density at radius 2 is 1.86 bits per heavy atom. The number of carbonyl (C=O) groups excluding carboxylic acids is 1. The van der Waals surface area contributed by atoms with Gasteiger partial charge in [0.1, 0.15) is 5.75 Å². The molecule has 0 bridgehead atoms. The Morgan fingerprint density at radius 3 is 2.50 bits per heavy atom. The molecule has 1 aliphatic heterocycles. The summed E-state index contributed by atoms with van der Waals surface area (Å²) in [5, 5.41) is 0. The molecule has 5 nitrogen and oxygen atoms in total. The normalized spacial score (nSPS) is 15.0. The number of methoxy groups -OCH3 is 1. The van der Waals surface area contributed by atoms with E-state index in [1.165, 1.54) is 0 Å². The van der Waals surface area contributed by atoms with E-state index in [2.05, 4.69) is 4.90 Å². The van der Waals surface area contributed by atoms with Gasteiger partial charge in [0, 0.05) is 31.7 Å². The number of carbonyl (C=O) groups is 1. The van der Waals surface area contributed by atoms with E-state index in [-0.39, 0.29) is 5.91 Å². The summed E-state index contributed by atoms with van der Waals surface area (Å²) in [6.07, 6.45) is 1.56. The van der Waals surface area contributed by atoms with Crippen molar-refractivity contribution in [3.63, 3.8) is 0 Å². The second-order valence-corrected chi connectivity index (χ2v) is 5.38. The lowest BCUT2D eigenvalue weighted by Gasteiger charge is -2.36. The van der Waals surface area contributed by atoms with Crippen molar-refractivity contribution in [1.82, 2.24) is 4.90 Å². The molecule has 1 fully saturated rings. The molecule has 1 saturated heterocycles. The van der Waals surface area contributed by atoms with Gasteiger partial charge in [-0.1, -0.05) is 12.1 Å². The molecule has 0 saturated carbocycles. The maximum atomic E-state index is 12.4. The standard InChI is InChI=1S/C17H20N2O3/c1-13-7-12-22-16(13)17(20)19-10-8-18(9-11-19)14-5-3-4-6-15(14)21-2/h3-7,12H,8-11H2,1-2H3. The Kier molecular flexibility index (Phi) is 4.04. The first kappa shape index (κ1) is 14.5. The predicted octanol–water partition coefficient (Wildman–Crippen LogP) is 2.56. The molecule has 1 aromatic heterocycles. The number of ether oxygens (including phenoxy) is 1. The molecule has 2 aromatic rings.